The Hall–Kier alpha value is -1.58. The number of carbonyl (C=O) groups is 1. The molecule has 20 heavy (non-hydrogen) atoms. The average molecular weight is 310 g/mol. The van der Waals surface area contributed by atoms with E-state index in [9.17, 15) is 4.79 Å². The molecule has 2 aromatic rings. The number of hydrogen-bond donors (Lipinski definition) is 0. The summed E-state index contributed by atoms with van der Waals surface area (Å²) in [7, 11) is 0. The van der Waals surface area contributed by atoms with Gasteiger partial charge < -0.3 is 4.74 Å². The van der Waals surface area contributed by atoms with E-state index in [-0.39, 0.29) is 22.3 Å². The number of aromatic nitrogens is 1. The van der Waals surface area contributed by atoms with Crippen molar-refractivity contribution in [2.75, 3.05) is 6.61 Å². The second kappa shape index (κ2) is 6.25. The first kappa shape index (κ1) is 14.8. The van der Waals surface area contributed by atoms with Gasteiger partial charge in [-0.15, -0.1) is 0 Å². The highest BCUT2D eigenvalue weighted by Crippen LogP contribution is 2.37. The largest absolute Gasteiger partial charge is 0.462 e. The van der Waals surface area contributed by atoms with Crippen LogP contribution in [0.2, 0.25) is 10.2 Å². The number of aryl methyl sites for hydroxylation is 1. The number of rotatable bonds is 3. The molecule has 5 heteroatoms. The zero-order chi connectivity index (χ0) is 14.7. The van der Waals surface area contributed by atoms with Crippen LogP contribution in [0.1, 0.15) is 23.0 Å². The van der Waals surface area contributed by atoms with Crippen LogP contribution in [0.4, 0.5) is 0 Å². The van der Waals surface area contributed by atoms with E-state index < -0.39 is 5.97 Å². The Bertz CT molecular complexity index is 642. The van der Waals surface area contributed by atoms with E-state index in [0.717, 1.165) is 5.56 Å². The Kier molecular flexibility index (Phi) is 4.63. The molecule has 0 saturated heterocycles. The van der Waals surface area contributed by atoms with Gasteiger partial charge in [-0.25, -0.2) is 9.78 Å². The van der Waals surface area contributed by atoms with Crippen LogP contribution in [0, 0.1) is 6.92 Å². The van der Waals surface area contributed by atoms with Gasteiger partial charge in [-0.05, 0) is 19.4 Å². The van der Waals surface area contributed by atoms with E-state index >= 15 is 0 Å². The van der Waals surface area contributed by atoms with Gasteiger partial charge in [-0.3, -0.25) is 0 Å². The molecule has 0 bridgehead atoms. The summed E-state index contributed by atoms with van der Waals surface area (Å²) in [6.45, 7) is 3.69. The van der Waals surface area contributed by atoms with E-state index in [2.05, 4.69) is 4.98 Å². The molecule has 0 fully saturated rings. The highest BCUT2D eigenvalue weighted by molar-refractivity contribution is 6.40. The molecule has 1 heterocycles. The molecule has 0 N–H and O–H groups in total. The van der Waals surface area contributed by atoms with Gasteiger partial charge in [0.25, 0.3) is 0 Å². The number of nitrogens with zero attached hydrogens (tertiary/aromatic N) is 1. The van der Waals surface area contributed by atoms with Gasteiger partial charge in [0, 0.05) is 5.56 Å². The standard InChI is InChI=1S/C15H13Cl2NO2/c1-3-20-15(19)11-9(2)18-14(17)12(13(11)16)10-7-5-4-6-8-10/h4-8H,3H2,1-2H3. The van der Waals surface area contributed by atoms with Gasteiger partial charge in [0.1, 0.15) is 10.7 Å². The predicted octanol–water partition coefficient (Wildman–Crippen LogP) is 4.54. The molecule has 0 aliphatic rings. The van der Waals surface area contributed by atoms with Crippen molar-refractivity contribution in [2.45, 2.75) is 13.8 Å². The normalized spacial score (nSPS) is 10.4. The summed E-state index contributed by atoms with van der Waals surface area (Å²) in [5.74, 6) is -0.489. The number of carbonyl (C=O) groups excluding carboxylic acids is 1. The maximum absolute atomic E-state index is 12.0. The van der Waals surface area contributed by atoms with Crippen LogP contribution < -0.4 is 0 Å². The first-order chi connectivity index (χ1) is 9.56. The summed E-state index contributed by atoms with van der Waals surface area (Å²) in [6, 6.07) is 9.34. The smallest absolute Gasteiger partial charge is 0.341 e. The molecule has 0 atom stereocenters. The maximum atomic E-state index is 12.0. The third-order valence-corrected chi connectivity index (χ3v) is 3.47. The van der Waals surface area contributed by atoms with Crippen LogP contribution in [0.3, 0.4) is 0 Å². The van der Waals surface area contributed by atoms with Crippen molar-refractivity contribution in [3.05, 3.63) is 51.8 Å². The lowest BCUT2D eigenvalue weighted by atomic mass is 10.0. The van der Waals surface area contributed by atoms with E-state index in [1.807, 2.05) is 30.3 Å². The Balaban J connectivity index is 2.65. The zero-order valence-electron chi connectivity index (χ0n) is 11.1. The molecule has 0 radical (unpaired) electrons. The quantitative estimate of drug-likeness (QED) is 0.617. The van der Waals surface area contributed by atoms with Crippen molar-refractivity contribution in [2.24, 2.45) is 0 Å². The van der Waals surface area contributed by atoms with Gasteiger partial charge in [-0.1, -0.05) is 53.5 Å². The molecule has 104 valence electrons. The molecular weight excluding hydrogens is 297 g/mol. The van der Waals surface area contributed by atoms with Gasteiger partial charge in [-0.2, -0.15) is 0 Å². The van der Waals surface area contributed by atoms with Crippen LogP contribution >= 0.6 is 23.2 Å². The van der Waals surface area contributed by atoms with E-state index in [1.54, 1.807) is 13.8 Å². The number of halogens is 2. The average Bonchev–Trinajstić information content (AvgIpc) is 2.39. The summed E-state index contributed by atoms with van der Waals surface area (Å²) in [4.78, 5) is 16.2. The fourth-order valence-corrected chi connectivity index (χ4v) is 2.72. The summed E-state index contributed by atoms with van der Waals surface area (Å²) in [5, 5.41) is 0.541. The summed E-state index contributed by atoms with van der Waals surface area (Å²) in [5.41, 5.74) is 2.07. The molecule has 3 nitrogen and oxygen atoms in total. The SMILES string of the molecule is CCOC(=O)c1c(C)nc(Cl)c(-c2ccccc2)c1Cl. The monoisotopic (exact) mass is 309 g/mol. The lowest BCUT2D eigenvalue weighted by molar-refractivity contribution is 0.0525. The summed E-state index contributed by atoms with van der Waals surface area (Å²) < 4.78 is 5.01. The number of esters is 1. The van der Waals surface area contributed by atoms with Crippen molar-refractivity contribution in [3.63, 3.8) is 0 Å². The number of hydrogen-bond acceptors (Lipinski definition) is 3. The molecular formula is C15H13Cl2NO2. The second-order valence-corrected chi connectivity index (χ2v) is 4.87. The predicted molar refractivity (Wildman–Crippen MR) is 80.4 cm³/mol. The van der Waals surface area contributed by atoms with Gasteiger partial charge in [0.05, 0.1) is 17.3 Å². The molecule has 0 spiro atoms. The molecule has 0 aliphatic carbocycles. The number of benzene rings is 1. The van der Waals surface area contributed by atoms with Crippen molar-refractivity contribution in [1.82, 2.24) is 4.98 Å². The molecule has 0 aliphatic heterocycles. The molecule has 2 rings (SSSR count). The molecule has 0 saturated carbocycles. The first-order valence-electron chi connectivity index (χ1n) is 6.14. The Morgan fingerprint density at radius 3 is 2.50 bits per heavy atom. The Morgan fingerprint density at radius 2 is 1.90 bits per heavy atom. The third-order valence-electron chi connectivity index (χ3n) is 2.81. The van der Waals surface area contributed by atoms with Crippen LogP contribution in [0.25, 0.3) is 11.1 Å². The molecule has 1 aromatic carbocycles. The fraction of sp³-hybridized carbons (Fsp3) is 0.200. The topological polar surface area (TPSA) is 39.2 Å². The number of ether oxygens (including phenoxy) is 1. The highest BCUT2D eigenvalue weighted by Gasteiger charge is 2.22. The van der Waals surface area contributed by atoms with E-state index in [1.165, 1.54) is 0 Å². The molecule has 1 aromatic heterocycles. The zero-order valence-corrected chi connectivity index (χ0v) is 12.6. The van der Waals surface area contributed by atoms with Gasteiger partial charge in [0.15, 0.2) is 0 Å². The van der Waals surface area contributed by atoms with Crippen molar-refractivity contribution in [3.8, 4) is 11.1 Å². The first-order valence-corrected chi connectivity index (χ1v) is 6.90. The minimum absolute atomic E-state index is 0.261. The van der Waals surface area contributed by atoms with Gasteiger partial charge >= 0.3 is 5.97 Å². The summed E-state index contributed by atoms with van der Waals surface area (Å²) in [6.07, 6.45) is 0. The van der Waals surface area contributed by atoms with E-state index in [0.29, 0.717) is 11.3 Å². The molecule has 0 unspecified atom stereocenters. The Morgan fingerprint density at radius 1 is 1.25 bits per heavy atom. The molecule has 0 amide bonds. The third kappa shape index (κ3) is 2.79. The highest BCUT2D eigenvalue weighted by atomic mass is 35.5. The van der Waals surface area contributed by atoms with Crippen LogP contribution in [-0.4, -0.2) is 17.6 Å². The van der Waals surface area contributed by atoms with Crippen molar-refractivity contribution >= 4 is 29.2 Å². The maximum Gasteiger partial charge on any atom is 0.341 e. The summed E-state index contributed by atoms with van der Waals surface area (Å²) >= 11 is 12.5. The van der Waals surface area contributed by atoms with Crippen molar-refractivity contribution in [1.29, 1.82) is 0 Å². The Labute approximate surface area is 127 Å². The van der Waals surface area contributed by atoms with Crippen LogP contribution in [0.5, 0.6) is 0 Å². The van der Waals surface area contributed by atoms with E-state index in [4.69, 9.17) is 27.9 Å². The van der Waals surface area contributed by atoms with Crippen LogP contribution in [-0.2, 0) is 4.74 Å². The van der Waals surface area contributed by atoms with Crippen LogP contribution in [0.15, 0.2) is 30.3 Å². The minimum Gasteiger partial charge on any atom is -0.462 e. The second-order valence-electron chi connectivity index (χ2n) is 4.14. The fourth-order valence-electron chi connectivity index (χ4n) is 1.92. The van der Waals surface area contributed by atoms with Crippen molar-refractivity contribution < 1.29 is 9.53 Å². The minimum atomic E-state index is -0.489. The lowest BCUT2D eigenvalue weighted by Crippen LogP contribution is -2.10. The van der Waals surface area contributed by atoms with Gasteiger partial charge in [0.2, 0.25) is 0 Å². The lowest BCUT2D eigenvalue weighted by Gasteiger charge is -2.13. The number of pyridine rings is 1.